The third kappa shape index (κ3) is 6.28. The maximum absolute atomic E-state index is 11.7. The summed E-state index contributed by atoms with van der Waals surface area (Å²) in [6.07, 6.45) is 6.00. The average Bonchev–Trinajstić information content (AvgIpc) is 2.57. The molecular formula is C19H19N3O3. The Kier molecular flexibility index (Phi) is 6.43. The molecule has 0 saturated heterocycles. The number of nitrogens with zero attached hydrogens (tertiary/aromatic N) is 1. The van der Waals surface area contributed by atoms with Gasteiger partial charge in [0.1, 0.15) is 5.75 Å². The normalized spacial score (nSPS) is 10.4. The first-order valence-electron chi connectivity index (χ1n) is 7.72. The van der Waals surface area contributed by atoms with E-state index >= 15 is 0 Å². The van der Waals surface area contributed by atoms with Gasteiger partial charge in [-0.05, 0) is 60.4 Å². The van der Waals surface area contributed by atoms with E-state index in [2.05, 4.69) is 4.74 Å². The van der Waals surface area contributed by atoms with Crippen LogP contribution in [0.25, 0.3) is 6.08 Å². The van der Waals surface area contributed by atoms with Gasteiger partial charge in [-0.15, -0.1) is 5.26 Å². The summed E-state index contributed by atoms with van der Waals surface area (Å²) in [6, 6.07) is 12.2. The molecule has 6 heteroatoms. The number of aryl methyl sites for hydroxylation is 1. The molecule has 0 aliphatic carbocycles. The van der Waals surface area contributed by atoms with E-state index in [1.165, 1.54) is 6.08 Å². The molecule has 0 aliphatic rings. The number of nitrogen functional groups attached to an aromatic ring is 2. The van der Waals surface area contributed by atoms with E-state index in [1.54, 1.807) is 42.7 Å². The van der Waals surface area contributed by atoms with Crippen molar-refractivity contribution in [2.24, 2.45) is 0 Å². The molecule has 0 fully saturated rings. The van der Waals surface area contributed by atoms with E-state index < -0.39 is 5.97 Å². The van der Waals surface area contributed by atoms with Crippen molar-refractivity contribution in [1.29, 1.82) is 5.26 Å². The topological polar surface area (TPSA) is 111 Å². The van der Waals surface area contributed by atoms with Crippen LogP contribution in [0.4, 0.5) is 11.4 Å². The van der Waals surface area contributed by atoms with Crippen LogP contribution >= 0.6 is 0 Å². The standard InChI is InChI=1S/C19H19N3O3/c20-13-25-18-6-3-14(4-7-18)5-8-19(23)24-9-1-2-15-10-16(21)12-17(22)11-15/h3-8,10-12H,1-2,9,21-22H2/b8-5+. The van der Waals surface area contributed by atoms with Crippen molar-refractivity contribution in [2.45, 2.75) is 12.8 Å². The van der Waals surface area contributed by atoms with Gasteiger partial charge in [-0.2, -0.15) is 0 Å². The molecular weight excluding hydrogens is 318 g/mol. The number of benzene rings is 2. The summed E-state index contributed by atoms with van der Waals surface area (Å²) in [5.74, 6) is 0.0360. The fourth-order valence-corrected chi connectivity index (χ4v) is 2.25. The predicted octanol–water partition coefficient (Wildman–Crippen LogP) is 2.90. The lowest BCUT2D eigenvalue weighted by Crippen LogP contribution is -2.03. The monoisotopic (exact) mass is 337 g/mol. The molecule has 0 unspecified atom stereocenters. The summed E-state index contributed by atoms with van der Waals surface area (Å²) >= 11 is 0. The molecule has 128 valence electrons. The molecule has 0 spiro atoms. The second-order valence-corrected chi connectivity index (χ2v) is 5.37. The van der Waals surface area contributed by atoms with Crippen molar-refractivity contribution in [1.82, 2.24) is 0 Å². The minimum Gasteiger partial charge on any atom is -0.463 e. The van der Waals surface area contributed by atoms with Crippen LogP contribution in [0.2, 0.25) is 0 Å². The molecule has 0 bridgehead atoms. The Balaban J connectivity index is 1.74. The molecule has 2 rings (SSSR count). The first-order chi connectivity index (χ1) is 12.1. The number of rotatable bonds is 7. The minimum absolute atomic E-state index is 0.312. The highest BCUT2D eigenvalue weighted by molar-refractivity contribution is 5.87. The van der Waals surface area contributed by atoms with Gasteiger partial charge in [-0.25, -0.2) is 4.79 Å². The second kappa shape index (κ2) is 8.99. The molecule has 0 aliphatic heterocycles. The Morgan fingerprint density at radius 3 is 2.44 bits per heavy atom. The summed E-state index contributed by atoms with van der Waals surface area (Å²) in [6.45, 7) is 0.312. The quantitative estimate of drug-likeness (QED) is 0.264. The van der Waals surface area contributed by atoms with Gasteiger partial charge in [-0.1, -0.05) is 12.1 Å². The molecule has 0 radical (unpaired) electrons. The number of nitrogens with two attached hydrogens (primary N) is 2. The summed E-state index contributed by atoms with van der Waals surface area (Å²) in [5.41, 5.74) is 14.5. The zero-order chi connectivity index (χ0) is 18.1. The molecule has 0 saturated carbocycles. The van der Waals surface area contributed by atoms with Gasteiger partial charge in [0.25, 0.3) is 6.26 Å². The van der Waals surface area contributed by atoms with Crippen LogP contribution in [0.3, 0.4) is 0 Å². The van der Waals surface area contributed by atoms with Gasteiger partial charge in [-0.3, -0.25) is 0 Å². The maximum atomic E-state index is 11.7. The Bertz CT molecular complexity index is 772. The van der Waals surface area contributed by atoms with Crippen LogP contribution in [-0.4, -0.2) is 12.6 Å². The smallest absolute Gasteiger partial charge is 0.330 e. The molecule has 0 amide bonds. The van der Waals surface area contributed by atoms with Gasteiger partial charge in [0.2, 0.25) is 0 Å². The van der Waals surface area contributed by atoms with Crippen LogP contribution in [-0.2, 0) is 16.0 Å². The SMILES string of the molecule is N#COc1ccc(/C=C/C(=O)OCCCc2cc(N)cc(N)c2)cc1. The second-order valence-electron chi connectivity index (χ2n) is 5.37. The molecule has 0 heterocycles. The minimum atomic E-state index is -0.413. The van der Waals surface area contributed by atoms with Crippen molar-refractivity contribution in [3.8, 4) is 12.0 Å². The van der Waals surface area contributed by atoms with Crippen LogP contribution in [0, 0.1) is 11.5 Å². The lowest BCUT2D eigenvalue weighted by molar-refractivity contribution is -0.137. The van der Waals surface area contributed by atoms with E-state index in [-0.39, 0.29) is 0 Å². The molecule has 2 aromatic rings. The van der Waals surface area contributed by atoms with E-state index in [0.29, 0.717) is 30.2 Å². The van der Waals surface area contributed by atoms with Crippen molar-refractivity contribution < 1.29 is 14.3 Å². The number of carbonyl (C=O) groups is 1. The number of nitriles is 1. The third-order valence-electron chi connectivity index (χ3n) is 3.35. The van der Waals surface area contributed by atoms with Crippen LogP contribution in [0.1, 0.15) is 17.5 Å². The molecule has 6 nitrogen and oxygen atoms in total. The van der Waals surface area contributed by atoms with Gasteiger partial charge >= 0.3 is 5.97 Å². The highest BCUT2D eigenvalue weighted by Gasteiger charge is 2.00. The highest BCUT2D eigenvalue weighted by Crippen LogP contribution is 2.15. The average molecular weight is 337 g/mol. The largest absolute Gasteiger partial charge is 0.463 e. The Morgan fingerprint density at radius 2 is 1.80 bits per heavy atom. The van der Waals surface area contributed by atoms with E-state index in [1.807, 2.05) is 12.1 Å². The lowest BCUT2D eigenvalue weighted by Gasteiger charge is -2.05. The number of carbonyl (C=O) groups excluding carboxylic acids is 1. The summed E-state index contributed by atoms with van der Waals surface area (Å²) < 4.78 is 9.83. The van der Waals surface area contributed by atoms with Gasteiger partial charge < -0.3 is 20.9 Å². The van der Waals surface area contributed by atoms with Crippen molar-refractivity contribution in [3.63, 3.8) is 0 Å². The lowest BCUT2D eigenvalue weighted by atomic mass is 10.1. The number of hydrogen-bond donors (Lipinski definition) is 2. The number of ether oxygens (including phenoxy) is 2. The maximum Gasteiger partial charge on any atom is 0.330 e. The van der Waals surface area contributed by atoms with Crippen molar-refractivity contribution in [3.05, 3.63) is 59.7 Å². The Hall–Kier alpha value is -3.46. The third-order valence-corrected chi connectivity index (χ3v) is 3.35. The Morgan fingerprint density at radius 1 is 1.12 bits per heavy atom. The Labute approximate surface area is 146 Å². The fourth-order valence-electron chi connectivity index (χ4n) is 2.25. The van der Waals surface area contributed by atoms with E-state index in [9.17, 15) is 4.79 Å². The zero-order valence-corrected chi connectivity index (χ0v) is 13.6. The van der Waals surface area contributed by atoms with Gasteiger partial charge in [0.15, 0.2) is 0 Å². The van der Waals surface area contributed by atoms with Crippen molar-refractivity contribution in [2.75, 3.05) is 18.1 Å². The van der Waals surface area contributed by atoms with Crippen LogP contribution < -0.4 is 16.2 Å². The molecule has 0 aromatic heterocycles. The molecule has 4 N–H and O–H groups in total. The predicted molar refractivity (Wildman–Crippen MR) is 96.3 cm³/mol. The molecule has 0 atom stereocenters. The highest BCUT2D eigenvalue weighted by atomic mass is 16.5. The summed E-state index contributed by atoms with van der Waals surface area (Å²) in [5, 5.41) is 8.41. The van der Waals surface area contributed by atoms with E-state index in [0.717, 1.165) is 17.5 Å². The summed E-state index contributed by atoms with van der Waals surface area (Å²) in [4.78, 5) is 11.7. The number of anilines is 2. The van der Waals surface area contributed by atoms with Crippen molar-refractivity contribution >= 4 is 23.4 Å². The molecule has 25 heavy (non-hydrogen) atoms. The number of esters is 1. The first-order valence-corrected chi connectivity index (χ1v) is 7.72. The molecule has 2 aromatic carbocycles. The first kappa shape index (κ1) is 17.9. The summed E-state index contributed by atoms with van der Waals surface area (Å²) in [7, 11) is 0. The van der Waals surface area contributed by atoms with Gasteiger partial charge in [0.05, 0.1) is 6.61 Å². The fraction of sp³-hybridized carbons (Fsp3) is 0.158. The van der Waals surface area contributed by atoms with Crippen LogP contribution in [0.15, 0.2) is 48.5 Å². The number of hydrogen-bond acceptors (Lipinski definition) is 6. The van der Waals surface area contributed by atoms with E-state index in [4.69, 9.17) is 21.5 Å². The van der Waals surface area contributed by atoms with Crippen LogP contribution in [0.5, 0.6) is 5.75 Å². The van der Waals surface area contributed by atoms with Gasteiger partial charge in [0, 0.05) is 17.5 Å². The zero-order valence-electron chi connectivity index (χ0n) is 13.6.